The van der Waals surface area contributed by atoms with Crippen LogP contribution in [0.1, 0.15) is 26.7 Å². The molecule has 6 nitrogen and oxygen atoms in total. The van der Waals surface area contributed by atoms with Crippen molar-refractivity contribution in [1.82, 2.24) is 4.98 Å². The Morgan fingerprint density at radius 3 is 2.62 bits per heavy atom. The first kappa shape index (κ1) is 18.8. The molecule has 0 atom stereocenters. The number of fused-ring (bicyclic) bond motifs is 1. The van der Waals surface area contributed by atoms with Crippen LogP contribution in [0.15, 0.2) is 36.4 Å². The van der Waals surface area contributed by atoms with Gasteiger partial charge in [-0.25, -0.2) is 13.4 Å². The number of sulfone groups is 1. The Morgan fingerprint density at radius 1 is 1.19 bits per heavy atom. The molecule has 1 aliphatic heterocycles. The van der Waals surface area contributed by atoms with Crippen LogP contribution in [-0.2, 0) is 19.4 Å². The third kappa shape index (κ3) is 3.88. The van der Waals surface area contributed by atoms with Crippen molar-refractivity contribution in [3.63, 3.8) is 0 Å². The number of hydrogen-bond donors (Lipinski definition) is 1. The molecule has 7 heteroatoms. The molecule has 2 heterocycles. The summed E-state index contributed by atoms with van der Waals surface area (Å²) in [5, 5.41) is 3.62. The summed E-state index contributed by atoms with van der Waals surface area (Å²) < 4.78 is 29.4. The van der Waals surface area contributed by atoms with E-state index in [1.165, 1.54) is 13.8 Å². The third-order valence-corrected chi connectivity index (χ3v) is 7.61. The zero-order valence-corrected chi connectivity index (χ0v) is 15.9. The van der Waals surface area contributed by atoms with E-state index in [-0.39, 0.29) is 11.7 Å². The standard InChI is InChI=1S/C19H24N2O4S/c1-19(2,26(23,24)13-14-9-11-25-12-10-14)18(22)21-17-8-7-15-5-3-4-6-16(15)20-17/h3-8,14H,9-13H2,1-2H3,(H,20,21,22). The van der Waals surface area contributed by atoms with E-state index in [0.29, 0.717) is 31.9 Å². The molecule has 1 aromatic carbocycles. The maximum atomic E-state index is 12.8. The number of para-hydroxylation sites is 1. The molecule has 2 aromatic rings. The van der Waals surface area contributed by atoms with Gasteiger partial charge < -0.3 is 10.1 Å². The average Bonchev–Trinajstić information content (AvgIpc) is 2.62. The number of carbonyl (C=O) groups is 1. The highest BCUT2D eigenvalue weighted by atomic mass is 32.2. The number of hydrogen-bond acceptors (Lipinski definition) is 5. The summed E-state index contributed by atoms with van der Waals surface area (Å²) in [5.41, 5.74) is 0.744. The van der Waals surface area contributed by atoms with Gasteiger partial charge in [-0.3, -0.25) is 4.79 Å². The van der Waals surface area contributed by atoms with Gasteiger partial charge in [-0.05, 0) is 50.8 Å². The highest BCUT2D eigenvalue weighted by Gasteiger charge is 2.43. The molecule has 3 rings (SSSR count). The van der Waals surface area contributed by atoms with Crippen LogP contribution in [0.5, 0.6) is 0 Å². The second-order valence-electron chi connectivity index (χ2n) is 7.19. The van der Waals surface area contributed by atoms with Crippen LogP contribution >= 0.6 is 0 Å². The Bertz CT molecular complexity index is 903. The van der Waals surface area contributed by atoms with Gasteiger partial charge in [-0.1, -0.05) is 18.2 Å². The largest absolute Gasteiger partial charge is 0.381 e. The molecule has 26 heavy (non-hydrogen) atoms. The molecular weight excluding hydrogens is 352 g/mol. The molecule has 1 saturated heterocycles. The third-order valence-electron chi connectivity index (χ3n) is 4.96. The summed E-state index contributed by atoms with van der Waals surface area (Å²) in [4.78, 5) is 17.1. The van der Waals surface area contributed by atoms with Crippen molar-refractivity contribution in [1.29, 1.82) is 0 Å². The zero-order chi connectivity index (χ0) is 18.8. The molecule has 0 aliphatic carbocycles. The van der Waals surface area contributed by atoms with Crippen LogP contribution < -0.4 is 5.32 Å². The number of aromatic nitrogens is 1. The van der Waals surface area contributed by atoms with Gasteiger partial charge in [-0.15, -0.1) is 0 Å². The maximum Gasteiger partial charge on any atom is 0.246 e. The fourth-order valence-electron chi connectivity index (χ4n) is 2.98. The van der Waals surface area contributed by atoms with Gasteiger partial charge in [-0.2, -0.15) is 0 Å². The number of amides is 1. The van der Waals surface area contributed by atoms with Crippen molar-refractivity contribution in [3.8, 4) is 0 Å². The number of nitrogens with one attached hydrogen (secondary N) is 1. The smallest absolute Gasteiger partial charge is 0.246 e. The predicted molar refractivity (Wildman–Crippen MR) is 102 cm³/mol. The summed E-state index contributed by atoms with van der Waals surface area (Å²) >= 11 is 0. The van der Waals surface area contributed by atoms with E-state index in [2.05, 4.69) is 10.3 Å². The molecule has 0 bridgehead atoms. The molecule has 0 radical (unpaired) electrons. The molecule has 0 unspecified atom stereocenters. The van der Waals surface area contributed by atoms with Crippen molar-refractivity contribution in [2.24, 2.45) is 5.92 Å². The van der Waals surface area contributed by atoms with E-state index in [4.69, 9.17) is 4.74 Å². The Morgan fingerprint density at radius 2 is 1.88 bits per heavy atom. The molecule has 0 spiro atoms. The normalized spacial score (nSPS) is 16.5. The molecule has 140 valence electrons. The van der Waals surface area contributed by atoms with Crippen LogP contribution in [0.3, 0.4) is 0 Å². The summed E-state index contributed by atoms with van der Waals surface area (Å²) in [6.45, 7) is 4.07. The van der Waals surface area contributed by atoms with Gasteiger partial charge >= 0.3 is 0 Å². The van der Waals surface area contributed by atoms with Crippen LogP contribution in [0.2, 0.25) is 0 Å². The summed E-state index contributed by atoms with van der Waals surface area (Å²) in [7, 11) is -3.62. The molecule has 1 aromatic heterocycles. The van der Waals surface area contributed by atoms with Gasteiger partial charge in [0.05, 0.1) is 11.3 Å². The lowest BCUT2D eigenvalue weighted by Crippen LogP contribution is -2.47. The maximum absolute atomic E-state index is 12.8. The first-order chi connectivity index (χ1) is 12.3. The Hall–Kier alpha value is -1.99. The van der Waals surface area contributed by atoms with E-state index in [9.17, 15) is 13.2 Å². The van der Waals surface area contributed by atoms with Gasteiger partial charge in [0.1, 0.15) is 10.6 Å². The van der Waals surface area contributed by atoms with Crippen molar-refractivity contribution in [3.05, 3.63) is 36.4 Å². The summed E-state index contributed by atoms with van der Waals surface area (Å²) in [5.74, 6) is -0.169. The summed E-state index contributed by atoms with van der Waals surface area (Å²) in [6, 6.07) is 11.1. The number of anilines is 1. The minimum absolute atomic E-state index is 0.00191. The van der Waals surface area contributed by atoms with E-state index in [1.807, 2.05) is 30.3 Å². The Labute approximate surface area is 153 Å². The van der Waals surface area contributed by atoms with Gasteiger partial charge in [0.15, 0.2) is 9.84 Å². The quantitative estimate of drug-likeness (QED) is 0.867. The van der Waals surface area contributed by atoms with E-state index >= 15 is 0 Å². The van der Waals surface area contributed by atoms with E-state index in [0.717, 1.165) is 10.9 Å². The summed E-state index contributed by atoms with van der Waals surface area (Å²) in [6.07, 6.45) is 1.42. The average molecular weight is 376 g/mol. The lowest BCUT2D eigenvalue weighted by molar-refractivity contribution is -0.117. The minimum atomic E-state index is -3.62. The van der Waals surface area contributed by atoms with Crippen molar-refractivity contribution >= 4 is 32.5 Å². The highest BCUT2D eigenvalue weighted by Crippen LogP contribution is 2.26. The Kier molecular flexibility index (Phi) is 5.29. The van der Waals surface area contributed by atoms with Gasteiger partial charge in [0.25, 0.3) is 0 Å². The van der Waals surface area contributed by atoms with Gasteiger partial charge in [0, 0.05) is 18.6 Å². The monoisotopic (exact) mass is 376 g/mol. The minimum Gasteiger partial charge on any atom is -0.381 e. The second kappa shape index (κ2) is 7.32. The molecular formula is C19H24N2O4S. The van der Waals surface area contributed by atoms with E-state index in [1.54, 1.807) is 6.07 Å². The SMILES string of the molecule is CC(C)(C(=O)Nc1ccc2ccccc2n1)S(=O)(=O)CC1CCOCC1. The lowest BCUT2D eigenvalue weighted by Gasteiger charge is -2.28. The number of ether oxygens (including phenoxy) is 1. The van der Waals surface area contributed by atoms with Crippen molar-refractivity contribution < 1.29 is 17.9 Å². The lowest BCUT2D eigenvalue weighted by atomic mass is 10.0. The van der Waals surface area contributed by atoms with Crippen LogP contribution in [0, 0.1) is 5.92 Å². The van der Waals surface area contributed by atoms with Gasteiger partial charge in [0.2, 0.25) is 5.91 Å². The van der Waals surface area contributed by atoms with Crippen LogP contribution in [0.4, 0.5) is 5.82 Å². The molecule has 1 fully saturated rings. The van der Waals surface area contributed by atoms with Crippen LogP contribution in [-0.4, -0.2) is 43.0 Å². The molecule has 1 N–H and O–H groups in total. The molecule has 1 amide bonds. The van der Waals surface area contributed by atoms with Crippen LogP contribution in [0.25, 0.3) is 10.9 Å². The number of benzene rings is 1. The van der Waals surface area contributed by atoms with Crippen molar-refractivity contribution in [2.45, 2.75) is 31.4 Å². The number of nitrogens with zero attached hydrogens (tertiary/aromatic N) is 1. The number of pyridine rings is 1. The molecule has 1 aliphatic rings. The number of rotatable bonds is 5. The van der Waals surface area contributed by atoms with Crippen molar-refractivity contribution in [2.75, 3.05) is 24.3 Å². The highest BCUT2D eigenvalue weighted by molar-refractivity contribution is 7.93. The molecule has 0 saturated carbocycles. The fourth-order valence-corrected chi connectivity index (χ4v) is 4.68. The Balaban J connectivity index is 1.75. The first-order valence-corrected chi connectivity index (χ1v) is 10.4. The second-order valence-corrected chi connectivity index (χ2v) is 9.77. The zero-order valence-electron chi connectivity index (χ0n) is 15.1. The number of carbonyl (C=O) groups excluding carboxylic acids is 1. The fraction of sp³-hybridized carbons (Fsp3) is 0.474. The topological polar surface area (TPSA) is 85.4 Å². The van der Waals surface area contributed by atoms with E-state index < -0.39 is 20.5 Å². The first-order valence-electron chi connectivity index (χ1n) is 8.77. The predicted octanol–water partition coefficient (Wildman–Crippen LogP) is 2.79.